The van der Waals surface area contributed by atoms with Crippen molar-refractivity contribution in [3.63, 3.8) is 0 Å². The van der Waals surface area contributed by atoms with Gasteiger partial charge in [0.15, 0.2) is 0 Å². The van der Waals surface area contributed by atoms with Gasteiger partial charge in [-0.05, 0) is 30.7 Å². The molecular formula is C13H19ClN2O2. The summed E-state index contributed by atoms with van der Waals surface area (Å²) < 4.78 is 5.04. The summed E-state index contributed by atoms with van der Waals surface area (Å²) in [6, 6.07) is 5.14. The van der Waals surface area contributed by atoms with E-state index in [1.165, 1.54) is 0 Å². The topological polar surface area (TPSA) is 50.4 Å². The number of hydrogen-bond acceptors (Lipinski definition) is 3. The van der Waals surface area contributed by atoms with Gasteiger partial charge >= 0.3 is 0 Å². The van der Waals surface area contributed by atoms with Gasteiger partial charge in [0.25, 0.3) is 0 Å². The smallest absolute Gasteiger partial charge is 0.238 e. The van der Waals surface area contributed by atoms with Crippen molar-refractivity contribution in [1.29, 1.82) is 0 Å². The molecule has 4 nitrogen and oxygen atoms in total. The fourth-order valence-corrected chi connectivity index (χ4v) is 1.68. The van der Waals surface area contributed by atoms with Crippen LogP contribution in [0.15, 0.2) is 18.2 Å². The number of ether oxygens (including phenoxy) is 1. The van der Waals surface area contributed by atoms with Crippen LogP contribution < -0.4 is 15.4 Å². The maximum Gasteiger partial charge on any atom is 0.238 e. The van der Waals surface area contributed by atoms with Crippen LogP contribution in [-0.2, 0) is 4.79 Å². The SMILES string of the molecule is COc1ccc(NC(=O)CNCC(C)C)cc1Cl. The summed E-state index contributed by atoms with van der Waals surface area (Å²) in [5, 5.41) is 6.32. The molecule has 2 N–H and O–H groups in total. The van der Waals surface area contributed by atoms with Crippen LogP contribution in [0.25, 0.3) is 0 Å². The summed E-state index contributed by atoms with van der Waals surface area (Å²) in [5.41, 5.74) is 0.664. The summed E-state index contributed by atoms with van der Waals surface area (Å²) in [6.45, 7) is 5.29. The lowest BCUT2D eigenvalue weighted by Crippen LogP contribution is -2.30. The van der Waals surface area contributed by atoms with Crippen molar-refractivity contribution >= 4 is 23.2 Å². The summed E-state index contributed by atoms with van der Waals surface area (Å²) in [5.74, 6) is 1.03. The Morgan fingerprint density at radius 1 is 1.44 bits per heavy atom. The molecule has 0 saturated heterocycles. The van der Waals surface area contributed by atoms with Gasteiger partial charge in [-0.1, -0.05) is 25.4 Å². The first-order chi connectivity index (χ1) is 8.52. The highest BCUT2D eigenvalue weighted by Gasteiger charge is 2.05. The van der Waals surface area contributed by atoms with E-state index in [1.54, 1.807) is 25.3 Å². The quantitative estimate of drug-likeness (QED) is 0.835. The van der Waals surface area contributed by atoms with E-state index in [2.05, 4.69) is 24.5 Å². The molecule has 0 radical (unpaired) electrons. The first-order valence-electron chi connectivity index (χ1n) is 5.87. The zero-order valence-corrected chi connectivity index (χ0v) is 11.7. The van der Waals surface area contributed by atoms with Gasteiger partial charge in [0.2, 0.25) is 5.91 Å². The average molecular weight is 271 g/mol. The van der Waals surface area contributed by atoms with Crippen LogP contribution in [0.3, 0.4) is 0 Å². The van der Waals surface area contributed by atoms with E-state index >= 15 is 0 Å². The van der Waals surface area contributed by atoms with E-state index in [1.807, 2.05) is 0 Å². The number of halogens is 1. The molecule has 0 aliphatic carbocycles. The Morgan fingerprint density at radius 2 is 2.17 bits per heavy atom. The molecule has 1 amide bonds. The minimum absolute atomic E-state index is 0.0862. The second-order valence-corrected chi connectivity index (χ2v) is 4.83. The largest absolute Gasteiger partial charge is 0.495 e. The standard InChI is InChI=1S/C13H19ClN2O2/c1-9(2)7-15-8-13(17)16-10-4-5-12(18-3)11(14)6-10/h4-6,9,15H,7-8H2,1-3H3,(H,16,17). The van der Waals surface area contributed by atoms with Gasteiger partial charge < -0.3 is 15.4 Å². The minimum Gasteiger partial charge on any atom is -0.495 e. The van der Waals surface area contributed by atoms with E-state index in [9.17, 15) is 4.79 Å². The molecule has 5 heteroatoms. The third-order valence-electron chi connectivity index (χ3n) is 2.27. The summed E-state index contributed by atoms with van der Waals surface area (Å²) in [6.07, 6.45) is 0. The number of nitrogens with one attached hydrogen (secondary N) is 2. The molecule has 100 valence electrons. The van der Waals surface area contributed by atoms with E-state index in [4.69, 9.17) is 16.3 Å². The summed E-state index contributed by atoms with van der Waals surface area (Å²) in [4.78, 5) is 11.6. The molecule has 0 saturated carbocycles. The average Bonchev–Trinajstić information content (AvgIpc) is 2.28. The molecular weight excluding hydrogens is 252 g/mol. The van der Waals surface area contributed by atoms with Crippen molar-refractivity contribution in [2.75, 3.05) is 25.5 Å². The lowest BCUT2D eigenvalue weighted by Gasteiger charge is -2.09. The van der Waals surface area contributed by atoms with Crippen molar-refractivity contribution in [1.82, 2.24) is 5.32 Å². The number of rotatable bonds is 6. The van der Waals surface area contributed by atoms with Crippen molar-refractivity contribution in [2.24, 2.45) is 5.92 Å². The molecule has 0 unspecified atom stereocenters. The molecule has 0 aliphatic heterocycles. The highest BCUT2D eigenvalue weighted by molar-refractivity contribution is 6.32. The van der Waals surface area contributed by atoms with Crippen LogP contribution in [0, 0.1) is 5.92 Å². The van der Waals surface area contributed by atoms with Crippen LogP contribution in [0.5, 0.6) is 5.75 Å². The molecule has 18 heavy (non-hydrogen) atoms. The fraction of sp³-hybridized carbons (Fsp3) is 0.462. The molecule has 0 aliphatic rings. The van der Waals surface area contributed by atoms with Crippen LogP contribution in [0.2, 0.25) is 5.02 Å². The lowest BCUT2D eigenvalue weighted by molar-refractivity contribution is -0.115. The lowest BCUT2D eigenvalue weighted by atomic mass is 10.2. The van der Waals surface area contributed by atoms with Crippen molar-refractivity contribution in [3.05, 3.63) is 23.2 Å². The number of benzene rings is 1. The third kappa shape index (κ3) is 4.94. The number of methoxy groups -OCH3 is 1. The fourth-order valence-electron chi connectivity index (χ4n) is 1.42. The second-order valence-electron chi connectivity index (χ2n) is 4.42. The number of hydrogen-bond donors (Lipinski definition) is 2. The Hall–Kier alpha value is -1.26. The molecule has 0 fully saturated rings. The van der Waals surface area contributed by atoms with Crippen LogP contribution >= 0.6 is 11.6 Å². The summed E-state index contributed by atoms with van der Waals surface area (Å²) >= 11 is 5.97. The van der Waals surface area contributed by atoms with Gasteiger partial charge in [-0.25, -0.2) is 0 Å². The second kappa shape index (κ2) is 7.24. The minimum atomic E-state index is -0.0862. The molecule has 1 rings (SSSR count). The normalized spacial score (nSPS) is 10.5. The highest BCUT2D eigenvalue weighted by Crippen LogP contribution is 2.26. The van der Waals surface area contributed by atoms with Crippen LogP contribution in [0.4, 0.5) is 5.69 Å². The Labute approximate surface area is 113 Å². The molecule has 0 atom stereocenters. The first kappa shape index (κ1) is 14.8. The van der Waals surface area contributed by atoms with Gasteiger partial charge in [-0.15, -0.1) is 0 Å². The zero-order chi connectivity index (χ0) is 13.5. The van der Waals surface area contributed by atoms with E-state index < -0.39 is 0 Å². The van der Waals surface area contributed by atoms with Gasteiger partial charge in [0.1, 0.15) is 5.75 Å². The highest BCUT2D eigenvalue weighted by atomic mass is 35.5. The Balaban J connectivity index is 2.47. The first-order valence-corrected chi connectivity index (χ1v) is 6.25. The zero-order valence-electron chi connectivity index (χ0n) is 10.9. The number of carbonyl (C=O) groups excluding carboxylic acids is 1. The van der Waals surface area contributed by atoms with Crippen LogP contribution in [0.1, 0.15) is 13.8 Å². The van der Waals surface area contributed by atoms with Gasteiger partial charge in [-0.2, -0.15) is 0 Å². The van der Waals surface area contributed by atoms with Gasteiger partial charge in [0, 0.05) is 5.69 Å². The van der Waals surface area contributed by atoms with Crippen molar-refractivity contribution < 1.29 is 9.53 Å². The predicted octanol–water partition coefficient (Wildman–Crippen LogP) is 2.53. The van der Waals surface area contributed by atoms with E-state index in [0.29, 0.717) is 28.9 Å². The Bertz CT molecular complexity index is 408. The van der Waals surface area contributed by atoms with Crippen molar-refractivity contribution in [3.8, 4) is 5.75 Å². The molecule has 0 spiro atoms. The third-order valence-corrected chi connectivity index (χ3v) is 2.57. The van der Waals surface area contributed by atoms with E-state index in [-0.39, 0.29) is 5.91 Å². The van der Waals surface area contributed by atoms with E-state index in [0.717, 1.165) is 6.54 Å². The molecule has 0 heterocycles. The van der Waals surface area contributed by atoms with Gasteiger partial charge in [-0.3, -0.25) is 4.79 Å². The number of amides is 1. The number of anilines is 1. The summed E-state index contributed by atoms with van der Waals surface area (Å²) in [7, 11) is 1.55. The van der Waals surface area contributed by atoms with Gasteiger partial charge in [0.05, 0.1) is 18.7 Å². The maximum absolute atomic E-state index is 11.6. The molecule has 1 aromatic rings. The van der Waals surface area contributed by atoms with Crippen LogP contribution in [-0.4, -0.2) is 26.1 Å². The molecule has 1 aromatic carbocycles. The monoisotopic (exact) mass is 270 g/mol. The molecule has 0 bridgehead atoms. The Kier molecular flexibility index (Phi) is 5.95. The maximum atomic E-state index is 11.6. The predicted molar refractivity (Wildman–Crippen MR) is 74.3 cm³/mol. The Morgan fingerprint density at radius 3 is 2.72 bits per heavy atom. The number of carbonyl (C=O) groups is 1. The molecule has 0 aromatic heterocycles. The van der Waals surface area contributed by atoms with Crippen molar-refractivity contribution in [2.45, 2.75) is 13.8 Å².